The maximum atomic E-state index is 14.4. The SMILES string of the molecule is O=C(O)N[C@H](c1nc2c(F)ccc(Cl)c2c(=O)n1-c1cccnc1)C1CC1. The third-order valence-corrected chi connectivity index (χ3v) is 4.82. The van der Waals surface area contributed by atoms with Crippen LogP contribution in [0.4, 0.5) is 9.18 Å². The molecule has 1 aromatic carbocycles. The van der Waals surface area contributed by atoms with Gasteiger partial charge >= 0.3 is 6.09 Å². The first-order valence-corrected chi connectivity index (χ1v) is 8.65. The highest BCUT2D eigenvalue weighted by Gasteiger charge is 2.37. The molecule has 1 fully saturated rings. The van der Waals surface area contributed by atoms with Gasteiger partial charge in [0, 0.05) is 6.20 Å². The van der Waals surface area contributed by atoms with Crippen molar-refractivity contribution >= 4 is 28.6 Å². The molecule has 2 N–H and O–H groups in total. The summed E-state index contributed by atoms with van der Waals surface area (Å²) in [7, 11) is 0. The standard InChI is InChI=1S/C18H14ClFN4O3/c19-11-5-6-12(20)15-13(11)17(25)24(10-2-1-7-21-8-10)16(22-15)14(9-3-4-9)23-18(26)27/h1-2,5-9,14,23H,3-4H2,(H,26,27)/t14-/m0/s1. The number of aromatic nitrogens is 3. The molecule has 1 atom stereocenters. The van der Waals surface area contributed by atoms with Crippen molar-refractivity contribution in [3.05, 3.63) is 63.7 Å². The Balaban J connectivity index is 2.08. The largest absolute Gasteiger partial charge is 0.465 e. The second-order valence-electron chi connectivity index (χ2n) is 6.34. The molecule has 0 saturated heterocycles. The lowest BCUT2D eigenvalue weighted by molar-refractivity contribution is 0.187. The van der Waals surface area contributed by atoms with E-state index in [0.717, 1.165) is 18.9 Å². The maximum absolute atomic E-state index is 14.4. The van der Waals surface area contributed by atoms with Crippen LogP contribution in [0.25, 0.3) is 16.6 Å². The second kappa shape index (κ2) is 6.62. The van der Waals surface area contributed by atoms with Crippen LogP contribution in [-0.2, 0) is 0 Å². The molecular formula is C18H14ClFN4O3. The van der Waals surface area contributed by atoms with E-state index in [-0.39, 0.29) is 27.7 Å². The average Bonchev–Trinajstić information content (AvgIpc) is 3.48. The minimum absolute atomic E-state index is 0.0179. The van der Waals surface area contributed by atoms with Crippen LogP contribution >= 0.6 is 11.6 Å². The first kappa shape index (κ1) is 17.4. The Labute approximate surface area is 157 Å². The normalized spacial score (nSPS) is 14.9. The zero-order chi connectivity index (χ0) is 19.1. The lowest BCUT2D eigenvalue weighted by atomic mass is 10.1. The molecule has 27 heavy (non-hydrogen) atoms. The van der Waals surface area contributed by atoms with E-state index >= 15 is 0 Å². The van der Waals surface area contributed by atoms with Crippen LogP contribution in [0.15, 0.2) is 41.5 Å². The fraction of sp³-hybridized carbons (Fsp3) is 0.222. The van der Waals surface area contributed by atoms with Gasteiger partial charge in [-0.15, -0.1) is 0 Å². The molecule has 1 aliphatic carbocycles. The van der Waals surface area contributed by atoms with Crippen molar-refractivity contribution in [2.75, 3.05) is 0 Å². The molecule has 3 aromatic rings. The molecule has 0 unspecified atom stereocenters. The van der Waals surface area contributed by atoms with E-state index < -0.39 is 23.5 Å². The Hall–Kier alpha value is -3.00. The minimum atomic E-state index is -1.24. The Morgan fingerprint density at radius 1 is 1.37 bits per heavy atom. The Kier molecular flexibility index (Phi) is 4.27. The molecule has 4 rings (SSSR count). The number of nitrogens with one attached hydrogen (secondary N) is 1. The van der Waals surface area contributed by atoms with Gasteiger partial charge in [-0.05, 0) is 43.0 Å². The first-order chi connectivity index (χ1) is 13.0. The van der Waals surface area contributed by atoms with Crippen molar-refractivity contribution < 1.29 is 14.3 Å². The summed E-state index contributed by atoms with van der Waals surface area (Å²) >= 11 is 6.14. The van der Waals surface area contributed by atoms with Gasteiger partial charge in [0.2, 0.25) is 0 Å². The second-order valence-corrected chi connectivity index (χ2v) is 6.75. The number of hydrogen-bond donors (Lipinski definition) is 2. The van der Waals surface area contributed by atoms with Crippen LogP contribution in [0, 0.1) is 11.7 Å². The number of benzene rings is 1. The summed E-state index contributed by atoms with van der Waals surface area (Å²) in [6.07, 6.45) is 3.32. The monoisotopic (exact) mass is 388 g/mol. The highest BCUT2D eigenvalue weighted by molar-refractivity contribution is 6.35. The molecule has 0 spiro atoms. The number of hydrogen-bond acceptors (Lipinski definition) is 4. The highest BCUT2D eigenvalue weighted by Crippen LogP contribution is 2.41. The lowest BCUT2D eigenvalue weighted by Crippen LogP contribution is -2.35. The summed E-state index contributed by atoms with van der Waals surface area (Å²) in [5, 5.41) is 11.7. The van der Waals surface area contributed by atoms with Crippen molar-refractivity contribution in [3.63, 3.8) is 0 Å². The topological polar surface area (TPSA) is 97.1 Å². The van der Waals surface area contributed by atoms with Crippen molar-refractivity contribution in [1.29, 1.82) is 0 Å². The number of halogens is 2. The van der Waals surface area contributed by atoms with Crippen molar-refractivity contribution in [3.8, 4) is 5.69 Å². The smallest absolute Gasteiger partial charge is 0.405 e. The molecule has 1 saturated carbocycles. The summed E-state index contributed by atoms with van der Waals surface area (Å²) < 4.78 is 15.6. The van der Waals surface area contributed by atoms with Gasteiger partial charge < -0.3 is 10.4 Å². The van der Waals surface area contributed by atoms with E-state index in [2.05, 4.69) is 15.3 Å². The van der Waals surface area contributed by atoms with E-state index in [4.69, 9.17) is 11.6 Å². The molecule has 1 amide bonds. The molecule has 138 valence electrons. The Morgan fingerprint density at radius 2 is 2.15 bits per heavy atom. The Morgan fingerprint density at radius 3 is 2.78 bits per heavy atom. The number of carbonyl (C=O) groups is 1. The zero-order valence-electron chi connectivity index (χ0n) is 13.9. The molecule has 0 bridgehead atoms. The number of carboxylic acid groups (broad SMARTS) is 1. The van der Waals surface area contributed by atoms with Gasteiger partial charge in [0.05, 0.1) is 28.3 Å². The summed E-state index contributed by atoms with van der Waals surface area (Å²) in [6.45, 7) is 0. The lowest BCUT2D eigenvalue weighted by Gasteiger charge is -2.21. The van der Waals surface area contributed by atoms with Gasteiger partial charge in [-0.1, -0.05) is 11.6 Å². The average molecular weight is 389 g/mol. The van der Waals surface area contributed by atoms with Crippen molar-refractivity contribution in [1.82, 2.24) is 19.9 Å². The molecule has 9 heteroatoms. The molecular weight excluding hydrogens is 375 g/mol. The van der Waals surface area contributed by atoms with Gasteiger partial charge in [-0.3, -0.25) is 14.3 Å². The van der Waals surface area contributed by atoms with Crippen molar-refractivity contribution in [2.24, 2.45) is 5.92 Å². The van der Waals surface area contributed by atoms with Gasteiger partial charge in [-0.2, -0.15) is 0 Å². The van der Waals surface area contributed by atoms with Crippen LogP contribution in [0.2, 0.25) is 5.02 Å². The van der Waals surface area contributed by atoms with Crippen LogP contribution in [0.3, 0.4) is 0 Å². The molecule has 0 aliphatic heterocycles. The van der Waals surface area contributed by atoms with Crippen LogP contribution in [-0.4, -0.2) is 25.7 Å². The highest BCUT2D eigenvalue weighted by atomic mass is 35.5. The number of rotatable bonds is 4. The van der Waals surface area contributed by atoms with E-state index in [0.29, 0.717) is 5.69 Å². The van der Waals surface area contributed by atoms with Crippen LogP contribution < -0.4 is 10.9 Å². The van der Waals surface area contributed by atoms with Crippen LogP contribution in [0.1, 0.15) is 24.7 Å². The Bertz CT molecular complexity index is 1100. The number of nitrogens with zero attached hydrogens (tertiary/aromatic N) is 3. The minimum Gasteiger partial charge on any atom is -0.465 e. The van der Waals surface area contributed by atoms with E-state index in [1.165, 1.54) is 16.8 Å². The zero-order valence-corrected chi connectivity index (χ0v) is 14.7. The number of pyridine rings is 1. The third kappa shape index (κ3) is 3.12. The predicted octanol–water partition coefficient (Wildman–Crippen LogP) is 3.29. The summed E-state index contributed by atoms with van der Waals surface area (Å²) in [5.41, 5.74) is -0.365. The summed E-state index contributed by atoms with van der Waals surface area (Å²) in [5.74, 6) is -0.599. The van der Waals surface area contributed by atoms with E-state index in [9.17, 15) is 19.1 Å². The number of fused-ring (bicyclic) bond motifs is 1. The van der Waals surface area contributed by atoms with Gasteiger partial charge in [-0.25, -0.2) is 14.2 Å². The molecule has 2 aromatic heterocycles. The van der Waals surface area contributed by atoms with E-state index in [1.807, 2.05) is 0 Å². The van der Waals surface area contributed by atoms with E-state index in [1.54, 1.807) is 18.3 Å². The summed E-state index contributed by atoms with van der Waals surface area (Å²) in [4.78, 5) is 32.9. The fourth-order valence-corrected chi connectivity index (χ4v) is 3.37. The first-order valence-electron chi connectivity index (χ1n) is 8.28. The van der Waals surface area contributed by atoms with Crippen LogP contribution in [0.5, 0.6) is 0 Å². The predicted molar refractivity (Wildman–Crippen MR) is 96.7 cm³/mol. The quantitative estimate of drug-likeness (QED) is 0.714. The molecule has 2 heterocycles. The van der Waals surface area contributed by atoms with Gasteiger partial charge in [0.15, 0.2) is 0 Å². The molecule has 0 radical (unpaired) electrons. The van der Waals surface area contributed by atoms with Crippen molar-refractivity contribution in [2.45, 2.75) is 18.9 Å². The van der Waals surface area contributed by atoms with Gasteiger partial charge in [0.1, 0.15) is 17.2 Å². The maximum Gasteiger partial charge on any atom is 0.405 e. The van der Waals surface area contributed by atoms with Gasteiger partial charge in [0.25, 0.3) is 5.56 Å². The third-order valence-electron chi connectivity index (χ3n) is 4.50. The summed E-state index contributed by atoms with van der Waals surface area (Å²) in [6, 6.07) is 4.96. The molecule has 7 nitrogen and oxygen atoms in total. The fourth-order valence-electron chi connectivity index (χ4n) is 3.13. The molecule has 1 aliphatic rings. The number of amides is 1.